The predicted octanol–water partition coefficient (Wildman–Crippen LogP) is 7.76. The van der Waals surface area contributed by atoms with Crippen LogP contribution in [0.4, 0.5) is 22.7 Å². The van der Waals surface area contributed by atoms with Crippen molar-refractivity contribution in [1.82, 2.24) is 0 Å². The molecule has 0 saturated carbocycles. The molecule has 4 aromatic rings. The summed E-state index contributed by atoms with van der Waals surface area (Å²) in [5, 5.41) is 2.86. The molecule has 0 unspecified atom stereocenters. The Morgan fingerprint density at radius 3 is 1.65 bits per heavy atom. The first-order chi connectivity index (χ1) is 23.8. The van der Waals surface area contributed by atoms with Gasteiger partial charge in [0.25, 0.3) is 0 Å². The minimum Gasteiger partial charge on any atom is -0.399 e. The fourth-order valence-electron chi connectivity index (χ4n) is 7.11. The minimum atomic E-state index is -0.0298. The smallest absolute Gasteiger partial charge is 0.221 e. The lowest BCUT2D eigenvalue weighted by Gasteiger charge is -2.20. The van der Waals surface area contributed by atoms with Crippen molar-refractivity contribution in [3.05, 3.63) is 130 Å². The Labute approximate surface area is 289 Å². The van der Waals surface area contributed by atoms with Gasteiger partial charge >= 0.3 is 0 Å². The van der Waals surface area contributed by atoms with Crippen molar-refractivity contribution >= 4 is 51.2 Å². The van der Waals surface area contributed by atoms with E-state index in [-0.39, 0.29) is 5.91 Å². The average molecular weight is 649 g/mol. The predicted molar refractivity (Wildman–Crippen MR) is 206 cm³/mol. The van der Waals surface area contributed by atoms with Gasteiger partial charge in [-0.15, -0.1) is 0 Å². The largest absolute Gasteiger partial charge is 0.399 e. The summed E-state index contributed by atoms with van der Waals surface area (Å²) in [6.45, 7) is 11.2. The van der Waals surface area contributed by atoms with Crippen molar-refractivity contribution in [3.63, 3.8) is 0 Å². The van der Waals surface area contributed by atoms with Gasteiger partial charge in [0.1, 0.15) is 0 Å². The number of nitrogen functional groups attached to an aromatic ring is 1. The average Bonchev–Trinajstić information content (AvgIpc) is 3.90. The van der Waals surface area contributed by atoms with Crippen molar-refractivity contribution < 1.29 is 4.79 Å². The van der Waals surface area contributed by atoms with Crippen molar-refractivity contribution in [2.45, 2.75) is 46.7 Å². The molecule has 4 aliphatic rings. The standard InChI is InChI=1S/C22H23N3O.C20H21N3/c1-15-11-20(13-23-15)18-5-3-17(4-6-18)14-25-10-9-19-12-21(24-16(2)26)7-8-22(19)25;1-14-10-18(12-22-14)16-4-2-15(3-5-16)13-23-9-8-17-11-19(21)6-7-20(17)23/h3-8,11-12H,9-10,13-14H2,1-2H3,(H,24,26);2-7,10-11H,8-9,12-13,21H2,1H3. The van der Waals surface area contributed by atoms with Crippen molar-refractivity contribution in [1.29, 1.82) is 0 Å². The second kappa shape index (κ2) is 14.0. The third kappa shape index (κ3) is 7.51. The molecule has 49 heavy (non-hydrogen) atoms. The molecule has 8 rings (SSSR count). The van der Waals surface area contributed by atoms with Crippen LogP contribution in [0.25, 0.3) is 11.1 Å². The Balaban J connectivity index is 0.000000155. The molecule has 4 aromatic carbocycles. The first-order valence-electron chi connectivity index (χ1n) is 17.2. The van der Waals surface area contributed by atoms with Crippen LogP contribution in [-0.4, -0.2) is 43.5 Å². The molecule has 0 bridgehead atoms. The number of nitrogens with one attached hydrogen (secondary N) is 1. The lowest BCUT2D eigenvalue weighted by molar-refractivity contribution is -0.114. The molecule has 1 amide bonds. The van der Waals surface area contributed by atoms with E-state index in [1.54, 1.807) is 0 Å². The van der Waals surface area contributed by atoms with Crippen molar-refractivity contribution in [2.24, 2.45) is 9.98 Å². The topological polar surface area (TPSA) is 86.3 Å². The Morgan fingerprint density at radius 1 is 0.694 bits per heavy atom. The van der Waals surface area contributed by atoms with Gasteiger partial charge in [0.15, 0.2) is 0 Å². The molecule has 0 fully saturated rings. The van der Waals surface area contributed by atoms with E-state index in [0.717, 1.165) is 74.9 Å². The first-order valence-corrected chi connectivity index (χ1v) is 17.2. The van der Waals surface area contributed by atoms with Crippen molar-refractivity contribution in [3.8, 4) is 0 Å². The molecule has 3 N–H and O–H groups in total. The van der Waals surface area contributed by atoms with E-state index in [4.69, 9.17) is 5.73 Å². The van der Waals surface area contributed by atoms with Crippen LogP contribution in [0.2, 0.25) is 0 Å². The zero-order valence-corrected chi connectivity index (χ0v) is 28.7. The van der Waals surface area contributed by atoms with Crippen LogP contribution in [-0.2, 0) is 30.7 Å². The fraction of sp³-hybridized carbons (Fsp3) is 0.262. The third-order valence-corrected chi connectivity index (χ3v) is 9.65. The molecule has 7 nitrogen and oxygen atoms in total. The maximum atomic E-state index is 11.2. The number of amides is 1. The van der Waals surface area contributed by atoms with Crippen LogP contribution in [0.15, 0.2) is 107 Å². The van der Waals surface area contributed by atoms with Gasteiger partial charge in [0, 0.05) is 67.3 Å². The number of carbonyl (C=O) groups excluding carboxylic acids is 1. The van der Waals surface area contributed by atoms with E-state index in [1.807, 2.05) is 19.1 Å². The molecule has 248 valence electrons. The van der Waals surface area contributed by atoms with E-state index < -0.39 is 0 Å². The van der Waals surface area contributed by atoms with E-state index in [0.29, 0.717) is 0 Å². The summed E-state index contributed by atoms with van der Waals surface area (Å²) >= 11 is 0. The Kier molecular flexibility index (Phi) is 9.16. The fourth-order valence-corrected chi connectivity index (χ4v) is 7.11. The lowest BCUT2D eigenvalue weighted by atomic mass is 10.0. The molecule has 0 saturated heterocycles. The lowest BCUT2D eigenvalue weighted by Crippen LogP contribution is -2.19. The van der Waals surface area contributed by atoms with Crippen LogP contribution >= 0.6 is 0 Å². The van der Waals surface area contributed by atoms with Gasteiger partial charge in [0.05, 0.1) is 13.1 Å². The third-order valence-electron chi connectivity index (χ3n) is 9.65. The summed E-state index contributed by atoms with van der Waals surface area (Å²) in [5.74, 6) is -0.0298. The molecule has 4 aliphatic heterocycles. The van der Waals surface area contributed by atoms with Crippen LogP contribution in [0.1, 0.15) is 54.2 Å². The van der Waals surface area contributed by atoms with Gasteiger partial charge < -0.3 is 20.9 Å². The number of aliphatic imine (C=N–C) groups is 2. The zero-order chi connectivity index (χ0) is 33.9. The minimum absolute atomic E-state index is 0.0298. The van der Waals surface area contributed by atoms with Gasteiger partial charge in [0.2, 0.25) is 5.91 Å². The maximum absolute atomic E-state index is 11.2. The van der Waals surface area contributed by atoms with E-state index in [2.05, 4.69) is 117 Å². The van der Waals surface area contributed by atoms with E-state index >= 15 is 0 Å². The summed E-state index contributed by atoms with van der Waals surface area (Å²) in [6, 6.07) is 30.2. The van der Waals surface area contributed by atoms with Gasteiger partial charge in [-0.05, 0) is 120 Å². The number of hydrogen-bond donors (Lipinski definition) is 2. The molecule has 0 radical (unpaired) electrons. The highest BCUT2D eigenvalue weighted by molar-refractivity contribution is 6.03. The second-order valence-electron chi connectivity index (χ2n) is 13.4. The number of carbonyl (C=O) groups is 1. The zero-order valence-electron chi connectivity index (χ0n) is 28.7. The highest BCUT2D eigenvalue weighted by atomic mass is 16.1. The first kappa shape index (κ1) is 32.1. The maximum Gasteiger partial charge on any atom is 0.221 e. The van der Waals surface area contributed by atoms with Crippen LogP contribution < -0.4 is 20.9 Å². The van der Waals surface area contributed by atoms with Crippen LogP contribution in [0.3, 0.4) is 0 Å². The Morgan fingerprint density at radius 2 is 1.18 bits per heavy atom. The summed E-state index contributed by atoms with van der Waals surface area (Å²) in [5.41, 5.74) is 22.9. The van der Waals surface area contributed by atoms with Crippen LogP contribution in [0, 0.1) is 0 Å². The van der Waals surface area contributed by atoms with E-state index in [1.165, 1.54) is 62.8 Å². The number of nitrogens with zero attached hydrogens (tertiary/aromatic N) is 4. The molecule has 0 aromatic heterocycles. The molecular formula is C42H44N6O. The monoisotopic (exact) mass is 648 g/mol. The Bertz CT molecular complexity index is 2000. The molecule has 7 heteroatoms. The SMILES string of the molecule is CC(=O)Nc1ccc2c(c1)CCN2Cc1ccc(C2=CC(C)=NC2)cc1.CC1=NCC(c2ccc(CN3CCc4cc(N)ccc43)cc2)=C1. The molecule has 4 heterocycles. The number of anilines is 4. The summed E-state index contributed by atoms with van der Waals surface area (Å²) in [7, 11) is 0. The second-order valence-corrected chi connectivity index (χ2v) is 13.4. The number of allylic oxidation sites excluding steroid dienone is 2. The summed E-state index contributed by atoms with van der Waals surface area (Å²) < 4.78 is 0. The number of hydrogen-bond acceptors (Lipinski definition) is 6. The highest BCUT2D eigenvalue weighted by Crippen LogP contribution is 2.33. The van der Waals surface area contributed by atoms with E-state index in [9.17, 15) is 4.79 Å². The number of rotatable bonds is 7. The molecular weight excluding hydrogens is 605 g/mol. The van der Waals surface area contributed by atoms with Gasteiger partial charge in [-0.25, -0.2) is 0 Å². The van der Waals surface area contributed by atoms with Crippen molar-refractivity contribution in [2.75, 3.05) is 47.0 Å². The highest BCUT2D eigenvalue weighted by Gasteiger charge is 2.21. The quantitative estimate of drug-likeness (QED) is 0.201. The summed E-state index contributed by atoms with van der Waals surface area (Å²) in [4.78, 5) is 24.9. The number of nitrogens with two attached hydrogens (primary N) is 1. The van der Waals surface area contributed by atoms with Crippen LogP contribution in [0.5, 0.6) is 0 Å². The van der Waals surface area contributed by atoms with Gasteiger partial charge in [-0.2, -0.15) is 0 Å². The molecule has 0 spiro atoms. The normalized spacial score (nSPS) is 15.9. The van der Waals surface area contributed by atoms with Gasteiger partial charge in [-0.1, -0.05) is 48.5 Å². The Hall–Kier alpha value is -5.43. The molecule has 0 aliphatic carbocycles. The summed E-state index contributed by atoms with van der Waals surface area (Å²) in [6.07, 6.45) is 6.45. The number of benzene rings is 4. The number of fused-ring (bicyclic) bond motifs is 2. The van der Waals surface area contributed by atoms with Gasteiger partial charge in [-0.3, -0.25) is 14.8 Å². The molecule has 0 atom stereocenters.